The molecule has 7 heteroatoms. The van der Waals surface area contributed by atoms with E-state index in [1.54, 1.807) is 39.0 Å². The molecule has 0 saturated heterocycles. The van der Waals surface area contributed by atoms with Crippen LogP contribution in [0.1, 0.15) is 55.4 Å². The van der Waals surface area contributed by atoms with E-state index in [2.05, 4.69) is 5.32 Å². The Labute approximate surface area is 156 Å². The van der Waals surface area contributed by atoms with Crippen molar-refractivity contribution < 1.29 is 23.9 Å². The third kappa shape index (κ3) is 4.29. The van der Waals surface area contributed by atoms with E-state index in [1.165, 1.54) is 0 Å². The van der Waals surface area contributed by atoms with Crippen molar-refractivity contribution in [1.29, 1.82) is 0 Å². The fourth-order valence-corrected chi connectivity index (χ4v) is 3.49. The van der Waals surface area contributed by atoms with Crippen LogP contribution in [-0.2, 0) is 9.47 Å². The molecule has 6 nitrogen and oxygen atoms in total. The van der Waals surface area contributed by atoms with Gasteiger partial charge in [-0.2, -0.15) is 0 Å². The molecule has 26 heavy (non-hydrogen) atoms. The molecule has 1 N–H and O–H groups in total. The molecule has 0 aliphatic heterocycles. The number of rotatable bonds is 6. The maximum atomic E-state index is 12.5. The van der Waals surface area contributed by atoms with E-state index in [0.717, 1.165) is 16.9 Å². The number of ether oxygens (including phenoxy) is 2. The molecular weight excluding hydrogens is 354 g/mol. The first-order valence-corrected chi connectivity index (χ1v) is 9.06. The second-order valence-electron chi connectivity index (χ2n) is 5.52. The molecule has 2 aromatic rings. The van der Waals surface area contributed by atoms with E-state index in [-0.39, 0.29) is 34.6 Å². The molecule has 0 aliphatic rings. The third-order valence-electron chi connectivity index (χ3n) is 3.59. The van der Waals surface area contributed by atoms with Gasteiger partial charge in [0, 0.05) is 5.56 Å². The summed E-state index contributed by atoms with van der Waals surface area (Å²) in [4.78, 5) is 37.3. The minimum Gasteiger partial charge on any atom is -0.462 e. The molecule has 0 aliphatic carbocycles. The van der Waals surface area contributed by atoms with E-state index in [9.17, 15) is 14.4 Å². The van der Waals surface area contributed by atoms with Crippen molar-refractivity contribution in [2.24, 2.45) is 0 Å². The van der Waals surface area contributed by atoms with E-state index in [1.807, 2.05) is 13.0 Å². The van der Waals surface area contributed by atoms with Crippen LogP contribution in [0, 0.1) is 13.8 Å². The van der Waals surface area contributed by atoms with Crippen molar-refractivity contribution in [1.82, 2.24) is 0 Å². The minimum absolute atomic E-state index is 0.181. The summed E-state index contributed by atoms with van der Waals surface area (Å²) in [6.07, 6.45) is 0. The number of anilines is 1. The van der Waals surface area contributed by atoms with Gasteiger partial charge in [-0.3, -0.25) is 4.79 Å². The molecule has 0 bridgehead atoms. The van der Waals surface area contributed by atoms with Crippen LogP contribution < -0.4 is 5.32 Å². The van der Waals surface area contributed by atoms with Crippen molar-refractivity contribution in [2.45, 2.75) is 27.7 Å². The average molecular weight is 375 g/mol. The molecule has 0 atom stereocenters. The fraction of sp³-hybridized carbons (Fsp3) is 0.316. The molecule has 1 aromatic heterocycles. The molecule has 0 spiro atoms. The van der Waals surface area contributed by atoms with Crippen molar-refractivity contribution in [3.8, 4) is 0 Å². The van der Waals surface area contributed by atoms with Gasteiger partial charge in [-0.05, 0) is 45.4 Å². The lowest BCUT2D eigenvalue weighted by Gasteiger charge is -2.07. The number of carbonyl (C=O) groups excluding carboxylic acids is 3. The van der Waals surface area contributed by atoms with E-state index in [0.29, 0.717) is 11.1 Å². The van der Waals surface area contributed by atoms with Crippen LogP contribution in [0.15, 0.2) is 24.3 Å². The number of nitrogens with one attached hydrogen (secondary N) is 1. The Morgan fingerprint density at radius 3 is 2.31 bits per heavy atom. The van der Waals surface area contributed by atoms with Crippen molar-refractivity contribution in [3.05, 3.63) is 51.4 Å². The molecule has 1 aromatic carbocycles. The number of hydrogen-bond donors (Lipinski definition) is 1. The number of esters is 2. The number of carbonyl (C=O) groups is 3. The van der Waals surface area contributed by atoms with Gasteiger partial charge in [0.05, 0.1) is 18.8 Å². The largest absolute Gasteiger partial charge is 0.462 e. The maximum Gasteiger partial charge on any atom is 0.348 e. The summed E-state index contributed by atoms with van der Waals surface area (Å²) in [5.41, 5.74) is 2.02. The molecule has 0 saturated carbocycles. The Hall–Kier alpha value is -2.67. The van der Waals surface area contributed by atoms with Crippen LogP contribution in [-0.4, -0.2) is 31.1 Å². The fourth-order valence-electron chi connectivity index (χ4n) is 2.40. The van der Waals surface area contributed by atoms with Gasteiger partial charge in [-0.1, -0.05) is 17.7 Å². The smallest absolute Gasteiger partial charge is 0.348 e. The average Bonchev–Trinajstić information content (AvgIpc) is 2.91. The molecule has 138 valence electrons. The normalized spacial score (nSPS) is 10.3. The van der Waals surface area contributed by atoms with Crippen molar-refractivity contribution in [3.63, 3.8) is 0 Å². The first-order chi connectivity index (χ1) is 12.4. The first kappa shape index (κ1) is 19.7. The summed E-state index contributed by atoms with van der Waals surface area (Å²) in [5.74, 6) is -1.48. The lowest BCUT2D eigenvalue weighted by molar-refractivity contribution is 0.0527. The van der Waals surface area contributed by atoms with Gasteiger partial charge in [0.1, 0.15) is 9.88 Å². The number of amides is 1. The van der Waals surface area contributed by atoms with Crippen LogP contribution in [0.3, 0.4) is 0 Å². The molecule has 1 heterocycles. The van der Waals surface area contributed by atoms with Gasteiger partial charge in [0.15, 0.2) is 0 Å². The van der Waals surface area contributed by atoms with Crippen LogP contribution in [0.4, 0.5) is 5.00 Å². The second kappa shape index (κ2) is 8.62. The Morgan fingerprint density at radius 2 is 1.69 bits per heavy atom. The Kier molecular flexibility index (Phi) is 6.52. The molecule has 1 amide bonds. The summed E-state index contributed by atoms with van der Waals surface area (Å²) >= 11 is 1.01. The highest BCUT2D eigenvalue weighted by Crippen LogP contribution is 2.34. The van der Waals surface area contributed by atoms with Crippen LogP contribution in [0.5, 0.6) is 0 Å². The van der Waals surface area contributed by atoms with E-state index >= 15 is 0 Å². The van der Waals surface area contributed by atoms with Gasteiger partial charge < -0.3 is 14.8 Å². The zero-order chi connectivity index (χ0) is 19.3. The topological polar surface area (TPSA) is 81.7 Å². The maximum absolute atomic E-state index is 12.5. The van der Waals surface area contributed by atoms with Gasteiger partial charge in [-0.15, -0.1) is 11.3 Å². The SMILES string of the molecule is CCOC(=O)c1sc(NC(=O)c2cccc(C)c2)c(C(=O)OCC)c1C. The molecule has 0 unspecified atom stereocenters. The lowest BCUT2D eigenvalue weighted by Crippen LogP contribution is -2.15. The Balaban J connectivity index is 2.42. The summed E-state index contributed by atoms with van der Waals surface area (Å²) in [6, 6.07) is 7.08. The quantitative estimate of drug-likeness (QED) is 0.773. The van der Waals surface area contributed by atoms with E-state index < -0.39 is 11.9 Å². The van der Waals surface area contributed by atoms with Gasteiger partial charge in [0.25, 0.3) is 5.91 Å². The Bertz CT molecular complexity index is 840. The highest BCUT2D eigenvalue weighted by atomic mass is 32.1. The summed E-state index contributed by atoms with van der Waals surface area (Å²) in [5, 5.41) is 3.00. The minimum atomic E-state index is -0.587. The Morgan fingerprint density at radius 1 is 1.04 bits per heavy atom. The van der Waals surface area contributed by atoms with Gasteiger partial charge in [0.2, 0.25) is 0 Å². The molecular formula is C19H21NO5S. The van der Waals surface area contributed by atoms with Crippen LogP contribution in [0.2, 0.25) is 0 Å². The summed E-state index contributed by atoms with van der Waals surface area (Å²) in [7, 11) is 0. The lowest BCUT2D eigenvalue weighted by atomic mass is 10.1. The predicted molar refractivity (Wildman–Crippen MR) is 100 cm³/mol. The zero-order valence-corrected chi connectivity index (χ0v) is 16.0. The first-order valence-electron chi connectivity index (χ1n) is 8.24. The monoisotopic (exact) mass is 375 g/mol. The number of aryl methyl sites for hydroxylation is 1. The summed E-state index contributed by atoms with van der Waals surface area (Å²) < 4.78 is 10.1. The number of benzene rings is 1. The highest BCUT2D eigenvalue weighted by molar-refractivity contribution is 7.18. The zero-order valence-electron chi connectivity index (χ0n) is 15.2. The number of hydrogen-bond acceptors (Lipinski definition) is 6. The van der Waals surface area contributed by atoms with Gasteiger partial charge >= 0.3 is 11.9 Å². The van der Waals surface area contributed by atoms with Crippen molar-refractivity contribution in [2.75, 3.05) is 18.5 Å². The second-order valence-corrected chi connectivity index (χ2v) is 6.55. The van der Waals surface area contributed by atoms with Crippen LogP contribution in [0.25, 0.3) is 0 Å². The van der Waals surface area contributed by atoms with Crippen LogP contribution >= 0.6 is 11.3 Å². The highest BCUT2D eigenvalue weighted by Gasteiger charge is 2.27. The third-order valence-corrected chi connectivity index (χ3v) is 4.78. The molecule has 0 fully saturated rings. The molecule has 0 radical (unpaired) electrons. The predicted octanol–water partition coefficient (Wildman–Crippen LogP) is 3.97. The molecule has 2 rings (SSSR count). The van der Waals surface area contributed by atoms with E-state index in [4.69, 9.17) is 9.47 Å². The standard InChI is InChI=1S/C19H21NO5S/c1-5-24-18(22)14-12(4)15(19(23)25-6-2)26-17(14)20-16(21)13-9-7-8-11(3)10-13/h7-10H,5-6H2,1-4H3,(H,20,21). The van der Waals surface area contributed by atoms with Gasteiger partial charge in [-0.25, -0.2) is 9.59 Å². The number of thiophene rings is 1. The summed E-state index contributed by atoms with van der Waals surface area (Å²) in [6.45, 7) is 7.32. The van der Waals surface area contributed by atoms with Crippen molar-refractivity contribution >= 4 is 34.2 Å².